The first-order valence-corrected chi connectivity index (χ1v) is 6.17. The molecule has 0 unspecified atom stereocenters. The summed E-state index contributed by atoms with van der Waals surface area (Å²) in [5.74, 6) is -0.447. The predicted molar refractivity (Wildman–Crippen MR) is 69.9 cm³/mol. The molecule has 0 atom stereocenters. The van der Waals surface area contributed by atoms with Crippen molar-refractivity contribution in [2.45, 2.75) is 12.8 Å². The summed E-state index contributed by atoms with van der Waals surface area (Å²) in [5, 5.41) is 11.1. The lowest BCUT2D eigenvalue weighted by Gasteiger charge is -2.07. The molecule has 5 nitrogen and oxygen atoms in total. The SMILES string of the molecule is COc1ccc(C(=O)NCCCC(=O)O)cc1Br. The van der Waals surface area contributed by atoms with Crippen LogP contribution in [0.15, 0.2) is 22.7 Å². The van der Waals surface area contributed by atoms with Crippen molar-refractivity contribution in [3.63, 3.8) is 0 Å². The highest BCUT2D eigenvalue weighted by molar-refractivity contribution is 9.10. The molecule has 0 aliphatic carbocycles. The van der Waals surface area contributed by atoms with Gasteiger partial charge in [0.25, 0.3) is 5.91 Å². The molecule has 0 heterocycles. The Kier molecular flexibility index (Phi) is 5.64. The Morgan fingerprint density at radius 1 is 1.44 bits per heavy atom. The van der Waals surface area contributed by atoms with Gasteiger partial charge in [0.15, 0.2) is 0 Å². The normalized spacial score (nSPS) is 9.89. The fourth-order valence-corrected chi connectivity index (χ4v) is 1.89. The van der Waals surface area contributed by atoms with Gasteiger partial charge in [0.2, 0.25) is 0 Å². The van der Waals surface area contributed by atoms with E-state index in [1.807, 2.05) is 0 Å². The summed E-state index contributed by atoms with van der Waals surface area (Å²) >= 11 is 3.29. The fourth-order valence-electron chi connectivity index (χ4n) is 1.35. The number of carbonyl (C=O) groups excluding carboxylic acids is 1. The highest BCUT2D eigenvalue weighted by atomic mass is 79.9. The minimum atomic E-state index is -0.864. The van der Waals surface area contributed by atoms with Gasteiger partial charge in [-0.25, -0.2) is 0 Å². The van der Waals surface area contributed by atoms with E-state index in [0.29, 0.717) is 28.8 Å². The van der Waals surface area contributed by atoms with Gasteiger partial charge in [-0.15, -0.1) is 0 Å². The van der Waals surface area contributed by atoms with E-state index in [9.17, 15) is 9.59 Å². The smallest absolute Gasteiger partial charge is 0.303 e. The van der Waals surface area contributed by atoms with Crippen LogP contribution in [0.1, 0.15) is 23.2 Å². The van der Waals surface area contributed by atoms with Crippen LogP contribution in [-0.4, -0.2) is 30.6 Å². The fraction of sp³-hybridized carbons (Fsp3) is 0.333. The molecular formula is C12H14BrNO4. The molecule has 0 radical (unpaired) electrons. The summed E-state index contributed by atoms with van der Waals surface area (Å²) in [5.41, 5.74) is 0.498. The first-order valence-electron chi connectivity index (χ1n) is 5.38. The summed E-state index contributed by atoms with van der Waals surface area (Å²) in [6.45, 7) is 0.342. The summed E-state index contributed by atoms with van der Waals surface area (Å²) in [6, 6.07) is 5.00. The molecule has 0 spiro atoms. The largest absolute Gasteiger partial charge is 0.496 e. The molecule has 98 valence electrons. The molecular weight excluding hydrogens is 302 g/mol. The molecule has 1 amide bonds. The zero-order chi connectivity index (χ0) is 13.5. The number of ether oxygens (including phenoxy) is 1. The topological polar surface area (TPSA) is 75.6 Å². The Labute approximate surface area is 113 Å². The number of carboxylic acid groups (broad SMARTS) is 1. The maximum atomic E-state index is 11.7. The van der Waals surface area contributed by atoms with Crippen molar-refractivity contribution in [1.29, 1.82) is 0 Å². The number of carbonyl (C=O) groups is 2. The quantitative estimate of drug-likeness (QED) is 0.788. The van der Waals surface area contributed by atoms with Gasteiger partial charge >= 0.3 is 5.97 Å². The van der Waals surface area contributed by atoms with E-state index in [2.05, 4.69) is 21.2 Å². The molecule has 0 aromatic heterocycles. The number of benzene rings is 1. The minimum Gasteiger partial charge on any atom is -0.496 e. The molecule has 1 aromatic carbocycles. The van der Waals surface area contributed by atoms with Gasteiger partial charge in [0, 0.05) is 18.5 Å². The molecule has 0 fully saturated rings. The maximum absolute atomic E-state index is 11.7. The van der Waals surface area contributed by atoms with Gasteiger partial charge in [-0.05, 0) is 40.5 Å². The minimum absolute atomic E-state index is 0.0482. The monoisotopic (exact) mass is 315 g/mol. The molecule has 1 aromatic rings. The standard InChI is InChI=1S/C12H14BrNO4/c1-18-10-5-4-8(7-9(10)13)12(17)14-6-2-3-11(15)16/h4-5,7H,2-3,6H2,1H3,(H,14,17)(H,15,16). The van der Waals surface area contributed by atoms with Gasteiger partial charge < -0.3 is 15.2 Å². The van der Waals surface area contributed by atoms with Crippen LogP contribution in [0.4, 0.5) is 0 Å². The molecule has 6 heteroatoms. The first-order chi connectivity index (χ1) is 8.54. The molecule has 1 rings (SSSR count). The highest BCUT2D eigenvalue weighted by Gasteiger charge is 2.08. The van der Waals surface area contributed by atoms with Crippen molar-refractivity contribution < 1.29 is 19.4 Å². The van der Waals surface area contributed by atoms with Gasteiger partial charge in [-0.1, -0.05) is 0 Å². The average molecular weight is 316 g/mol. The molecule has 2 N–H and O–H groups in total. The van der Waals surface area contributed by atoms with E-state index in [-0.39, 0.29) is 12.3 Å². The number of halogens is 1. The predicted octanol–water partition coefficient (Wildman–Crippen LogP) is 2.05. The van der Waals surface area contributed by atoms with Crippen molar-refractivity contribution in [2.24, 2.45) is 0 Å². The second-order valence-electron chi connectivity index (χ2n) is 3.60. The van der Waals surface area contributed by atoms with Gasteiger partial charge in [0.1, 0.15) is 5.75 Å². The average Bonchev–Trinajstić information content (AvgIpc) is 2.34. The molecule has 18 heavy (non-hydrogen) atoms. The van der Waals surface area contributed by atoms with E-state index in [1.54, 1.807) is 25.3 Å². The Bertz CT molecular complexity index is 448. The zero-order valence-corrected chi connectivity index (χ0v) is 11.5. The molecule has 0 bridgehead atoms. The molecule has 0 aliphatic heterocycles. The van der Waals surface area contributed by atoms with E-state index in [1.165, 1.54) is 0 Å². The number of carboxylic acids is 1. The Balaban J connectivity index is 2.51. The van der Waals surface area contributed by atoms with Gasteiger partial charge in [-0.2, -0.15) is 0 Å². The number of nitrogens with one attached hydrogen (secondary N) is 1. The lowest BCUT2D eigenvalue weighted by atomic mass is 10.2. The van der Waals surface area contributed by atoms with Crippen LogP contribution in [0.3, 0.4) is 0 Å². The third kappa shape index (κ3) is 4.37. The summed E-state index contributed by atoms with van der Waals surface area (Å²) < 4.78 is 5.76. The molecule has 0 saturated heterocycles. The lowest BCUT2D eigenvalue weighted by Crippen LogP contribution is -2.24. The lowest BCUT2D eigenvalue weighted by molar-refractivity contribution is -0.137. The van der Waals surface area contributed by atoms with Crippen LogP contribution >= 0.6 is 15.9 Å². The highest BCUT2D eigenvalue weighted by Crippen LogP contribution is 2.25. The van der Waals surface area contributed by atoms with Crippen LogP contribution in [0.5, 0.6) is 5.75 Å². The summed E-state index contributed by atoms with van der Waals surface area (Å²) in [7, 11) is 1.55. The molecule has 0 saturated carbocycles. The van der Waals surface area contributed by atoms with E-state index >= 15 is 0 Å². The number of aliphatic carboxylic acids is 1. The third-order valence-electron chi connectivity index (χ3n) is 2.27. The number of methoxy groups -OCH3 is 1. The number of hydrogen-bond donors (Lipinski definition) is 2. The molecule has 0 aliphatic rings. The summed E-state index contributed by atoms with van der Waals surface area (Å²) in [6.07, 6.45) is 0.463. The van der Waals surface area contributed by atoms with Crippen molar-refractivity contribution in [3.05, 3.63) is 28.2 Å². The van der Waals surface area contributed by atoms with Crippen molar-refractivity contribution in [2.75, 3.05) is 13.7 Å². The Hall–Kier alpha value is -1.56. The van der Waals surface area contributed by atoms with E-state index in [4.69, 9.17) is 9.84 Å². The van der Waals surface area contributed by atoms with E-state index in [0.717, 1.165) is 0 Å². The number of hydrogen-bond acceptors (Lipinski definition) is 3. The maximum Gasteiger partial charge on any atom is 0.303 e. The number of amides is 1. The number of rotatable bonds is 6. The van der Waals surface area contributed by atoms with E-state index < -0.39 is 5.97 Å². The van der Waals surface area contributed by atoms with Crippen LogP contribution in [0.2, 0.25) is 0 Å². The summed E-state index contributed by atoms with van der Waals surface area (Å²) in [4.78, 5) is 22.0. The van der Waals surface area contributed by atoms with Crippen LogP contribution < -0.4 is 10.1 Å². The third-order valence-corrected chi connectivity index (χ3v) is 2.89. The van der Waals surface area contributed by atoms with Gasteiger partial charge in [0.05, 0.1) is 11.6 Å². The van der Waals surface area contributed by atoms with Crippen LogP contribution in [0.25, 0.3) is 0 Å². The van der Waals surface area contributed by atoms with Crippen LogP contribution in [0, 0.1) is 0 Å². The Morgan fingerprint density at radius 2 is 2.17 bits per heavy atom. The van der Waals surface area contributed by atoms with Crippen molar-refractivity contribution in [3.8, 4) is 5.75 Å². The second kappa shape index (κ2) is 7.00. The second-order valence-corrected chi connectivity index (χ2v) is 4.46. The zero-order valence-electron chi connectivity index (χ0n) is 9.90. The Morgan fingerprint density at radius 3 is 2.72 bits per heavy atom. The first kappa shape index (κ1) is 14.5. The van der Waals surface area contributed by atoms with Crippen molar-refractivity contribution >= 4 is 27.8 Å². The van der Waals surface area contributed by atoms with Crippen LogP contribution in [-0.2, 0) is 4.79 Å². The van der Waals surface area contributed by atoms with Gasteiger partial charge in [-0.3, -0.25) is 9.59 Å². The van der Waals surface area contributed by atoms with Crippen molar-refractivity contribution in [1.82, 2.24) is 5.32 Å².